The van der Waals surface area contributed by atoms with Gasteiger partial charge in [0.25, 0.3) is 0 Å². The van der Waals surface area contributed by atoms with E-state index in [1.54, 1.807) is 0 Å². The van der Waals surface area contributed by atoms with Crippen LogP contribution in [-0.4, -0.2) is 21.8 Å². The third kappa shape index (κ3) is 3.54. The van der Waals surface area contributed by atoms with Gasteiger partial charge < -0.3 is 9.88 Å². The number of hydrogen-bond donors (Lipinski definition) is 1. The van der Waals surface area contributed by atoms with E-state index in [1.165, 1.54) is 0 Å². The molecule has 0 bridgehead atoms. The lowest BCUT2D eigenvalue weighted by Crippen LogP contribution is -2.32. The normalized spacial score (nSPS) is 12.4. The van der Waals surface area contributed by atoms with E-state index >= 15 is 0 Å². The molecule has 1 atom stereocenters. The van der Waals surface area contributed by atoms with Crippen molar-refractivity contribution in [2.45, 2.75) is 24.7 Å². The van der Waals surface area contributed by atoms with Crippen LogP contribution in [0.4, 0.5) is 0 Å². The molecule has 0 aliphatic rings. The van der Waals surface area contributed by atoms with Crippen LogP contribution in [0.3, 0.4) is 0 Å². The average molecular weight is 259 g/mol. The predicted octanol–water partition coefficient (Wildman–Crippen LogP) is 1.78. The number of hydrogen-bond acceptors (Lipinski definition) is 1. The maximum absolute atomic E-state index is 11.3. The first-order valence-electron chi connectivity index (χ1n) is 4.76. The van der Waals surface area contributed by atoms with Crippen molar-refractivity contribution in [3.8, 4) is 0 Å². The van der Waals surface area contributed by atoms with Gasteiger partial charge in [-0.1, -0.05) is 22.9 Å². The van der Waals surface area contributed by atoms with E-state index in [4.69, 9.17) is 0 Å². The van der Waals surface area contributed by atoms with E-state index in [0.717, 1.165) is 13.0 Å². The molecular weight excluding hydrogens is 244 g/mol. The fourth-order valence-corrected chi connectivity index (χ4v) is 1.29. The molecule has 14 heavy (non-hydrogen) atoms. The van der Waals surface area contributed by atoms with Gasteiger partial charge in [-0.2, -0.15) is 0 Å². The lowest BCUT2D eigenvalue weighted by atomic mass is 10.3. The smallest absolute Gasteiger partial charge is 0.233 e. The molecule has 0 aliphatic heterocycles. The summed E-state index contributed by atoms with van der Waals surface area (Å²) in [5.74, 6) is 0.0691. The molecule has 0 fully saturated rings. The van der Waals surface area contributed by atoms with Crippen LogP contribution in [0.25, 0.3) is 0 Å². The van der Waals surface area contributed by atoms with Crippen LogP contribution in [-0.2, 0) is 11.3 Å². The molecule has 1 aromatic heterocycles. The highest BCUT2D eigenvalue weighted by atomic mass is 79.9. The van der Waals surface area contributed by atoms with Gasteiger partial charge in [0.05, 0.1) is 4.83 Å². The fraction of sp³-hybridized carbons (Fsp3) is 0.500. The van der Waals surface area contributed by atoms with Crippen LogP contribution in [0.1, 0.15) is 13.3 Å². The van der Waals surface area contributed by atoms with Crippen molar-refractivity contribution in [3.05, 3.63) is 24.5 Å². The number of amides is 1. The second kappa shape index (κ2) is 5.86. The number of carbonyl (C=O) groups is 1. The van der Waals surface area contributed by atoms with E-state index < -0.39 is 0 Å². The molecule has 0 aliphatic carbocycles. The summed E-state index contributed by atoms with van der Waals surface area (Å²) in [6, 6.07) is 3.95. The maximum atomic E-state index is 11.3. The van der Waals surface area contributed by atoms with Gasteiger partial charge >= 0.3 is 0 Å². The van der Waals surface area contributed by atoms with Crippen LogP contribution in [0.2, 0.25) is 0 Å². The Kier molecular flexibility index (Phi) is 4.73. The first-order chi connectivity index (χ1) is 6.74. The Morgan fingerprint density at radius 1 is 1.50 bits per heavy atom. The summed E-state index contributed by atoms with van der Waals surface area (Å²) >= 11 is 3.30. The molecule has 0 saturated heterocycles. The van der Waals surface area contributed by atoms with Crippen molar-refractivity contribution >= 4 is 21.8 Å². The highest BCUT2D eigenvalue weighted by Crippen LogP contribution is 2.03. The van der Waals surface area contributed by atoms with E-state index in [2.05, 4.69) is 21.2 Å². The number of nitrogens with zero attached hydrogens (tertiary/aromatic N) is 1. The highest BCUT2D eigenvalue weighted by molar-refractivity contribution is 9.10. The van der Waals surface area contributed by atoms with E-state index in [-0.39, 0.29) is 10.7 Å². The molecule has 3 nitrogen and oxygen atoms in total. The minimum atomic E-state index is -0.0628. The molecule has 1 rings (SSSR count). The van der Waals surface area contributed by atoms with Crippen molar-refractivity contribution in [2.24, 2.45) is 0 Å². The van der Waals surface area contributed by atoms with Gasteiger partial charge in [-0.15, -0.1) is 0 Å². The molecule has 0 aromatic carbocycles. The Morgan fingerprint density at radius 3 is 2.71 bits per heavy atom. The van der Waals surface area contributed by atoms with Crippen LogP contribution >= 0.6 is 15.9 Å². The minimum Gasteiger partial charge on any atom is -0.353 e. The minimum absolute atomic E-state index is 0.0628. The van der Waals surface area contributed by atoms with Crippen molar-refractivity contribution in [1.29, 1.82) is 0 Å². The van der Waals surface area contributed by atoms with Crippen LogP contribution in [0.5, 0.6) is 0 Å². The summed E-state index contributed by atoms with van der Waals surface area (Å²) in [5.41, 5.74) is 0. The van der Waals surface area contributed by atoms with Crippen LogP contribution in [0, 0.1) is 0 Å². The Morgan fingerprint density at radius 2 is 2.14 bits per heavy atom. The van der Waals surface area contributed by atoms with Gasteiger partial charge in [0.1, 0.15) is 0 Å². The van der Waals surface area contributed by atoms with Gasteiger partial charge in [-0.3, -0.25) is 4.79 Å². The van der Waals surface area contributed by atoms with E-state index in [0.29, 0.717) is 6.54 Å². The van der Waals surface area contributed by atoms with Crippen molar-refractivity contribution in [2.75, 3.05) is 6.54 Å². The Hall–Kier alpha value is -0.770. The quantitative estimate of drug-likeness (QED) is 0.803. The maximum Gasteiger partial charge on any atom is 0.233 e. The number of rotatable bonds is 5. The predicted molar refractivity (Wildman–Crippen MR) is 60.4 cm³/mol. The second-order valence-corrected chi connectivity index (χ2v) is 4.19. The summed E-state index contributed by atoms with van der Waals surface area (Å²) in [4.78, 5) is 11.3. The fourth-order valence-electron chi connectivity index (χ4n) is 1.12. The lowest BCUT2D eigenvalue weighted by Gasteiger charge is -2.08. The molecule has 1 aromatic rings. The Labute approximate surface area is 92.6 Å². The molecule has 1 unspecified atom stereocenters. The molecular formula is C10H15BrN2O. The highest BCUT2D eigenvalue weighted by Gasteiger charge is 2.10. The largest absolute Gasteiger partial charge is 0.353 e. The zero-order valence-corrected chi connectivity index (χ0v) is 9.83. The number of carbonyl (C=O) groups excluding carboxylic acids is 1. The van der Waals surface area contributed by atoms with Crippen molar-refractivity contribution < 1.29 is 4.79 Å². The number of nitrogens with one attached hydrogen (secondary N) is 1. The summed E-state index contributed by atoms with van der Waals surface area (Å²) in [6.45, 7) is 3.47. The molecule has 0 saturated carbocycles. The lowest BCUT2D eigenvalue weighted by molar-refractivity contribution is -0.120. The third-order valence-electron chi connectivity index (χ3n) is 1.98. The topological polar surface area (TPSA) is 34.0 Å². The number of halogens is 1. The molecule has 0 radical (unpaired) electrons. The van der Waals surface area contributed by atoms with Gasteiger partial charge in [0.2, 0.25) is 5.91 Å². The molecule has 1 heterocycles. The van der Waals surface area contributed by atoms with Gasteiger partial charge in [-0.25, -0.2) is 0 Å². The first kappa shape index (κ1) is 11.3. The van der Waals surface area contributed by atoms with Crippen molar-refractivity contribution in [1.82, 2.24) is 9.88 Å². The summed E-state index contributed by atoms with van der Waals surface area (Å²) in [5, 5.41) is 2.86. The molecule has 0 spiro atoms. The zero-order valence-electron chi connectivity index (χ0n) is 8.24. The second-order valence-electron chi connectivity index (χ2n) is 3.09. The van der Waals surface area contributed by atoms with Gasteiger partial charge in [-0.05, 0) is 18.6 Å². The monoisotopic (exact) mass is 258 g/mol. The standard InChI is InChI=1S/C10H15BrN2O/c1-2-9(11)10(14)12-5-8-13-6-3-4-7-13/h3-4,6-7,9H,2,5,8H2,1H3,(H,12,14). The first-order valence-corrected chi connectivity index (χ1v) is 5.68. The van der Waals surface area contributed by atoms with Gasteiger partial charge in [0, 0.05) is 25.5 Å². The third-order valence-corrected chi connectivity index (χ3v) is 3.04. The molecule has 78 valence electrons. The SMILES string of the molecule is CCC(Br)C(=O)NCCn1cccc1. The number of aromatic nitrogens is 1. The zero-order chi connectivity index (χ0) is 10.4. The summed E-state index contributed by atoms with van der Waals surface area (Å²) in [6.07, 6.45) is 4.78. The molecule has 1 N–H and O–H groups in total. The van der Waals surface area contributed by atoms with Crippen LogP contribution < -0.4 is 5.32 Å². The van der Waals surface area contributed by atoms with E-state index in [1.807, 2.05) is 36.0 Å². The van der Waals surface area contributed by atoms with Crippen molar-refractivity contribution in [3.63, 3.8) is 0 Å². The van der Waals surface area contributed by atoms with Gasteiger partial charge in [0.15, 0.2) is 0 Å². The average Bonchev–Trinajstić information content (AvgIpc) is 2.69. The number of alkyl halides is 1. The Bertz CT molecular complexity index is 272. The van der Waals surface area contributed by atoms with E-state index in [9.17, 15) is 4.79 Å². The summed E-state index contributed by atoms with van der Waals surface area (Å²) < 4.78 is 2.04. The molecule has 1 amide bonds. The summed E-state index contributed by atoms with van der Waals surface area (Å²) in [7, 11) is 0. The molecule has 4 heteroatoms. The Balaban J connectivity index is 2.18. The van der Waals surface area contributed by atoms with Crippen LogP contribution in [0.15, 0.2) is 24.5 Å².